The molecule has 0 bridgehead atoms. The van der Waals surface area contributed by atoms with Crippen molar-refractivity contribution in [2.24, 2.45) is 0 Å². The van der Waals surface area contributed by atoms with Gasteiger partial charge in [0.1, 0.15) is 12.9 Å². The number of fused-ring (bicyclic) bond motifs is 1. The van der Waals surface area contributed by atoms with Crippen LogP contribution in [-0.4, -0.2) is 48.8 Å². The first-order valence-corrected chi connectivity index (χ1v) is 12.8. The Morgan fingerprint density at radius 2 is 1.97 bits per heavy atom. The third kappa shape index (κ3) is 4.97. The van der Waals surface area contributed by atoms with Crippen LogP contribution in [0.15, 0.2) is 58.5 Å². The maximum absolute atomic E-state index is 13.3. The molecular formula is C24H26IN3O3S. The molecule has 0 N–H and O–H groups in total. The number of methoxy groups -OCH3 is 1. The van der Waals surface area contributed by atoms with E-state index in [1.807, 2.05) is 32.3 Å². The number of ether oxygens (including phenoxy) is 2. The highest BCUT2D eigenvalue weighted by Crippen LogP contribution is 2.44. The number of likely N-dealkylation sites (N-methyl/N-ethyl adjacent to an activating group) is 1. The van der Waals surface area contributed by atoms with Crippen LogP contribution in [0.2, 0.25) is 0 Å². The molecule has 1 aliphatic rings. The Balaban J connectivity index is 1.57. The van der Waals surface area contributed by atoms with Crippen molar-refractivity contribution < 1.29 is 9.47 Å². The summed E-state index contributed by atoms with van der Waals surface area (Å²) in [6.45, 7) is 1.36. The highest BCUT2D eigenvalue weighted by Gasteiger charge is 2.28. The quantitative estimate of drug-likeness (QED) is 0.297. The van der Waals surface area contributed by atoms with Crippen molar-refractivity contribution in [3.8, 4) is 17.2 Å². The Kier molecular flexibility index (Phi) is 7.42. The maximum atomic E-state index is 13.3. The number of thioether (sulfide) groups is 1. The standard InChI is InChI=1S/C24H26IN3O3S/c1-27(2)10-11-31-20-9-8-18(12-21(20)30-3)28-15-26-19-13-22(32-23(19)24(28)29)17-6-4-16(14-25)5-7-17/h4-9,12,15,22H,10-11,13-14H2,1-3H3. The lowest BCUT2D eigenvalue weighted by Crippen LogP contribution is -2.21. The molecule has 2 aromatic carbocycles. The van der Waals surface area contributed by atoms with Gasteiger partial charge in [0.2, 0.25) is 0 Å². The summed E-state index contributed by atoms with van der Waals surface area (Å²) in [7, 11) is 5.60. The first kappa shape index (κ1) is 23.1. The van der Waals surface area contributed by atoms with Gasteiger partial charge in [0.15, 0.2) is 11.5 Å². The van der Waals surface area contributed by atoms with E-state index in [1.54, 1.807) is 29.8 Å². The Morgan fingerprint density at radius 1 is 1.19 bits per heavy atom. The Morgan fingerprint density at radius 3 is 2.66 bits per heavy atom. The van der Waals surface area contributed by atoms with Crippen molar-refractivity contribution in [2.75, 3.05) is 34.4 Å². The molecule has 0 radical (unpaired) electrons. The predicted octanol–water partition coefficient (Wildman–Crippen LogP) is 4.51. The number of nitrogens with zero attached hydrogens (tertiary/aromatic N) is 3. The lowest BCUT2D eigenvalue weighted by molar-refractivity contribution is 0.250. The lowest BCUT2D eigenvalue weighted by atomic mass is 10.1. The first-order valence-electron chi connectivity index (χ1n) is 10.4. The van der Waals surface area contributed by atoms with Crippen LogP contribution in [0.5, 0.6) is 11.5 Å². The van der Waals surface area contributed by atoms with Crippen molar-refractivity contribution in [2.45, 2.75) is 21.0 Å². The van der Waals surface area contributed by atoms with E-state index in [9.17, 15) is 4.79 Å². The van der Waals surface area contributed by atoms with Gasteiger partial charge >= 0.3 is 0 Å². The number of alkyl halides is 1. The van der Waals surface area contributed by atoms with Crippen molar-refractivity contribution in [1.82, 2.24) is 14.5 Å². The van der Waals surface area contributed by atoms with Gasteiger partial charge in [-0.05, 0) is 37.4 Å². The van der Waals surface area contributed by atoms with E-state index in [-0.39, 0.29) is 10.8 Å². The zero-order valence-electron chi connectivity index (χ0n) is 18.4. The van der Waals surface area contributed by atoms with Gasteiger partial charge in [-0.1, -0.05) is 46.9 Å². The van der Waals surface area contributed by atoms with Gasteiger partial charge in [-0.2, -0.15) is 0 Å². The molecule has 2 heterocycles. The molecule has 4 rings (SSSR count). The zero-order valence-corrected chi connectivity index (χ0v) is 21.4. The largest absolute Gasteiger partial charge is 0.493 e. The SMILES string of the molecule is COc1cc(-n2cnc3c(c2=O)SC(c2ccc(CI)cc2)C3)ccc1OCCN(C)C. The second-order valence-corrected chi connectivity index (χ2v) is 9.84. The van der Waals surface area contributed by atoms with E-state index in [1.165, 1.54) is 11.1 Å². The first-order chi connectivity index (χ1) is 15.5. The van der Waals surface area contributed by atoms with Gasteiger partial charge in [0, 0.05) is 28.7 Å². The molecule has 1 aliphatic heterocycles. The third-order valence-corrected chi connectivity index (χ3v) is 7.62. The van der Waals surface area contributed by atoms with Gasteiger partial charge in [-0.3, -0.25) is 9.36 Å². The normalized spacial score (nSPS) is 15.1. The maximum Gasteiger partial charge on any atom is 0.271 e. The van der Waals surface area contributed by atoms with Gasteiger partial charge in [-0.15, -0.1) is 11.8 Å². The molecule has 1 atom stereocenters. The van der Waals surface area contributed by atoms with E-state index >= 15 is 0 Å². The molecule has 0 saturated carbocycles. The van der Waals surface area contributed by atoms with Crippen LogP contribution < -0.4 is 15.0 Å². The fourth-order valence-electron chi connectivity index (χ4n) is 3.55. The fraction of sp³-hybridized carbons (Fsp3) is 0.333. The summed E-state index contributed by atoms with van der Waals surface area (Å²) < 4.78 is 13.9. The molecule has 6 nitrogen and oxygen atoms in total. The van der Waals surface area contributed by atoms with Gasteiger partial charge in [0.25, 0.3) is 5.56 Å². The average Bonchev–Trinajstić information content (AvgIpc) is 3.25. The van der Waals surface area contributed by atoms with Gasteiger partial charge < -0.3 is 14.4 Å². The van der Waals surface area contributed by atoms with Crippen LogP contribution >= 0.6 is 34.4 Å². The minimum atomic E-state index is -0.0466. The molecule has 1 unspecified atom stereocenters. The van der Waals surface area contributed by atoms with E-state index in [0.29, 0.717) is 23.8 Å². The second-order valence-electron chi connectivity index (χ2n) is 7.87. The molecule has 8 heteroatoms. The third-order valence-electron chi connectivity index (χ3n) is 5.37. The highest BCUT2D eigenvalue weighted by molar-refractivity contribution is 14.1. The van der Waals surface area contributed by atoms with Crippen LogP contribution in [0.25, 0.3) is 5.69 Å². The summed E-state index contributed by atoms with van der Waals surface area (Å²) in [6.07, 6.45) is 2.38. The Labute approximate surface area is 206 Å². The summed E-state index contributed by atoms with van der Waals surface area (Å²) in [5.74, 6) is 1.25. The molecule has 32 heavy (non-hydrogen) atoms. The molecule has 0 fully saturated rings. The van der Waals surface area contributed by atoms with Gasteiger partial charge in [-0.25, -0.2) is 4.98 Å². The predicted molar refractivity (Wildman–Crippen MR) is 137 cm³/mol. The van der Waals surface area contributed by atoms with Crippen LogP contribution in [0.4, 0.5) is 0 Å². The summed E-state index contributed by atoms with van der Waals surface area (Å²) in [6, 6.07) is 14.2. The number of aromatic nitrogens is 2. The molecule has 0 aliphatic carbocycles. The number of benzene rings is 2. The van der Waals surface area contributed by atoms with Crippen molar-refractivity contribution >= 4 is 34.4 Å². The van der Waals surface area contributed by atoms with Gasteiger partial charge in [0.05, 0.1) is 23.4 Å². The van der Waals surface area contributed by atoms with Crippen molar-refractivity contribution in [1.29, 1.82) is 0 Å². The molecule has 0 saturated heterocycles. The zero-order chi connectivity index (χ0) is 22.7. The lowest BCUT2D eigenvalue weighted by Gasteiger charge is -2.15. The van der Waals surface area contributed by atoms with Crippen LogP contribution in [-0.2, 0) is 10.8 Å². The Bertz CT molecular complexity index is 1150. The second kappa shape index (κ2) is 10.3. The Hall–Kier alpha value is -2.04. The summed E-state index contributed by atoms with van der Waals surface area (Å²) in [5, 5.41) is 0.214. The molecule has 0 amide bonds. The fourth-order valence-corrected chi connectivity index (χ4v) is 5.35. The van der Waals surface area contributed by atoms with Crippen LogP contribution in [0.3, 0.4) is 0 Å². The minimum absolute atomic E-state index is 0.0466. The van der Waals surface area contributed by atoms with Crippen LogP contribution in [0.1, 0.15) is 22.1 Å². The number of halogens is 1. The summed E-state index contributed by atoms with van der Waals surface area (Å²) in [5.41, 5.74) is 4.06. The number of hydrogen-bond donors (Lipinski definition) is 0. The number of rotatable bonds is 8. The average molecular weight is 563 g/mol. The van der Waals surface area contributed by atoms with Crippen molar-refractivity contribution in [3.63, 3.8) is 0 Å². The summed E-state index contributed by atoms with van der Waals surface area (Å²) >= 11 is 3.97. The molecule has 3 aromatic rings. The smallest absolute Gasteiger partial charge is 0.271 e. The highest BCUT2D eigenvalue weighted by atomic mass is 127. The van der Waals surface area contributed by atoms with Crippen molar-refractivity contribution in [3.05, 3.63) is 76.0 Å². The molecule has 1 aromatic heterocycles. The molecule has 168 valence electrons. The van der Waals surface area contributed by atoms with Crippen LogP contribution in [0, 0.1) is 0 Å². The van der Waals surface area contributed by atoms with E-state index < -0.39 is 0 Å². The summed E-state index contributed by atoms with van der Waals surface area (Å²) in [4.78, 5) is 20.7. The topological polar surface area (TPSA) is 56.6 Å². The minimum Gasteiger partial charge on any atom is -0.493 e. The van der Waals surface area contributed by atoms with E-state index in [2.05, 4.69) is 56.7 Å². The monoisotopic (exact) mass is 563 g/mol. The molecule has 0 spiro atoms. The van der Waals surface area contributed by atoms with E-state index in [4.69, 9.17) is 9.47 Å². The van der Waals surface area contributed by atoms with E-state index in [0.717, 1.165) is 28.0 Å². The molecular weight excluding hydrogens is 537 g/mol. The number of hydrogen-bond acceptors (Lipinski definition) is 6.